The zero-order valence-electron chi connectivity index (χ0n) is 7.68. The molecule has 0 radical (unpaired) electrons. The van der Waals surface area contributed by atoms with Crippen molar-refractivity contribution in [2.24, 2.45) is 5.16 Å². The molecule has 0 unspecified atom stereocenters. The summed E-state index contributed by atoms with van der Waals surface area (Å²) in [6.45, 7) is 0. The summed E-state index contributed by atoms with van der Waals surface area (Å²) in [4.78, 5) is 4.79. The molecule has 0 aliphatic rings. The van der Waals surface area contributed by atoms with Gasteiger partial charge in [0.2, 0.25) is 5.52 Å². The molecule has 0 saturated heterocycles. The van der Waals surface area contributed by atoms with Gasteiger partial charge in [-0.15, -0.1) is 0 Å². The largest absolute Gasteiger partial charge is 0.399 e. The lowest BCUT2D eigenvalue weighted by atomic mass is 10.2. The SMILES string of the molecule is CO/N=C/c1ccc(Cl)c2no[n+]([O-])c12. The van der Waals surface area contributed by atoms with Crippen molar-refractivity contribution in [3.63, 3.8) is 0 Å². The Bertz CT molecular complexity index is 523. The normalized spacial score (nSPS) is 11.3. The number of halogens is 1. The highest BCUT2D eigenvalue weighted by molar-refractivity contribution is 6.35. The molecule has 0 bridgehead atoms. The van der Waals surface area contributed by atoms with Crippen molar-refractivity contribution in [3.05, 3.63) is 27.9 Å². The van der Waals surface area contributed by atoms with Gasteiger partial charge in [-0.05, 0) is 17.0 Å². The minimum Gasteiger partial charge on any atom is -0.399 e. The molecule has 6 nitrogen and oxygen atoms in total. The van der Waals surface area contributed by atoms with Gasteiger partial charge in [0.1, 0.15) is 7.11 Å². The fraction of sp³-hybridized carbons (Fsp3) is 0.125. The highest BCUT2D eigenvalue weighted by Crippen LogP contribution is 2.21. The first-order chi connectivity index (χ1) is 7.24. The predicted octanol–water partition coefficient (Wildman–Crippen LogP) is 1.09. The topological polar surface area (TPSA) is 74.6 Å². The fourth-order valence-electron chi connectivity index (χ4n) is 1.18. The molecule has 0 saturated carbocycles. The third-order valence-electron chi connectivity index (χ3n) is 1.82. The zero-order valence-corrected chi connectivity index (χ0v) is 8.43. The summed E-state index contributed by atoms with van der Waals surface area (Å²) in [6.07, 6.45) is 1.38. The van der Waals surface area contributed by atoms with Crippen molar-refractivity contribution in [1.82, 2.24) is 5.16 Å². The second-order valence-electron chi connectivity index (χ2n) is 2.68. The molecule has 0 N–H and O–H groups in total. The lowest BCUT2D eigenvalue weighted by Gasteiger charge is -1.94. The third kappa shape index (κ3) is 1.59. The molecule has 0 aliphatic heterocycles. The molecule has 78 valence electrons. The first kappa shape index (κ1) is 9.72. The minimum atomic E-state index is 0.225. The van der Waals surface area contributed by atoms with E-state index in [1.54, 1.807) is 12.1 Å². The predicted molar refractivity (Wildman–Crippen MR) is 52.6 cm³/mol. The van der Waals surface area contributed by atoms with E-state index in [0.717, 1.165) is 0 Å². The molecule has 1 aromatic carbocycles. The molecular formula is C8H6ClN3O3. The first-order valence-corrected chi connectivity index (χ1v) is 4.36. The second kappa shape index (κ2) is 3.74. The maximum Gasteiger partial charge on any atom is 0.267 e. The lowest BCUT2D eigenvalue weighted by molar-refractivity contribution is -0.782. The summed E-state index contributed by atoms with van der Waals surface area (Å²) in [5.74, 6) is 0. The van der Waals surface area contributed by atoms with Crippen LogP contribution in [0.3, 0.4) is 0 Å². The van der Waals surface area contributed by atoms with Crippen molar-refractivity contribution < 1.29 is 14.4 Å². The van der Waals surface area contributed by atoms with Crippen molar-refractivity contribution in [3.8, 4) is 0 Å². The van der Waals surface area contributed by atoms with Gasteiger partial charge in [0.05, 0.1) is 16.8 Å². The van der Waals surface area contributed by atoms with Gasteiger partial charge in [0, 0.05) is 5.16 Å². The van der Waals surface area contributed by atoms with E-state index < -0.39 is 0 Å². The van der Waals surface area contributed by atoms with Crippen molar-refractivity contribution in [2.75, 3.05) is 7.11 Å². The molecule has 2 rings (SSSR count). The molecule has 0 spiro atoms. The second-order valence-corrected chi connectivity index (χ2v) is 3.09. The van der Waals surface area contributed by atoms with Gasteiger partial charge >= 0.3 is 0 Å². The smallest absolute Gasteiger partial charge is 0.267 e. The number of hydrogen-bond acceptors (Lipinski definition) is 5. The lowest BCUT2D eigenvalue weighted by Crippen LogP contribution is -2.23. The summed E-state index contributed by atoms with van der Waals surface area (Å²) in [6, 6.07) is 3.22. The highest BCUT2D eigenvalue weighted by atomic mass is 35.5. The number of benzene rings is 1. The number of hydrogen-bond donors (Lipinski definition) is 0. The molecule has 7 heteroatoms. The summed E-state index contributed by atoms with van der Waals surface area (Å²) < 4.78 is 4.44. The average molecular weight is 228 g/mol. The molecule has 1 heterocycles. The Balaban J connectivity index is 2.69. The fourth-order valence-corrected chi connectivity index (χ4v) is 1.37. The Labute approximate surface area is 89.2 Å². The molecule has 0 atom stereocenters. The molecule has 1 aromatic heterocycles. The van der Waals surface area contributed by atoms with E-state index in [1.807, 2.05) is 0 Å². The molecule has 0 amide bonds. The van der Waals surface area contributed by atoms with Crippen LogP contribution in [0.4, 0.5) is 0 Å². The Morgan fingerprint density at radius 3 is 3.20 bits per heavy atom. The number of fused-ring (bicyclic) bond motifs is 1. The van der Waals surface area contributed by atoms with E-state index in [4.69, 9.17) is 11.6 Å². The molecule has 0 fully saturated rings. The van der Waals surface area contributed by atoms with Gasteiger partial charge in [0.15, 0.2) is 0 Å². The quantitative estimate of drug-likeness (QED) is 0.437. The Kier molecular flexibility index (Phi) is 2.42. The van der Waals surface area contributed by atoms with E-state index >= 15 is 0 Å². The highest BCUT2D eigenvalue weighted by Gasteiger charge is 2.16. The van der Waals surface area contributed by atoms with Crippen LogP contribution in [0.2, 0.25) is 5.02 Å². The maximum absolute atomic E-state index is 11.2. The van der Waals surface area contributed by atoms with E-state index in [-0.39, 0.29) is 10.4 Å². The van der Waals surface area contributed by atoms with Crippen LogP contribution in [0.1, 0.15) is 5.56 Å². The van der Waals surface area contributed by atoms with Crippen molar-refractivity contribution >= 4 is 28.8 Å². The van der Waals surface area contributed by atoms with Gasteiger partial charge in [-0.1, -0.05) is 16.8 Å². The summed E-state index contributed by atoms with van der Waals surface area (Å²) >= 11 is 5.83. The molecule has 2 aromatic rings. The van der Waals surface area contributed by atoms with Crippen LogP contribution >= 0.6 is 11.6 Å². The Morgan fingerprint density at radius 2 is 2.47 bits per heavy atom. The van der Waals surface area contributed by atoms with Gasteiger partial charge in [0.25, 0.3) is 5.52 Å². The van der Waals surface area contributed by atoms with Crippen LogP contribution in [0.25, 0.3) is 11.0 Å². The van der Waals surface area contributed by atoms with E-state index in [0.29, 0.717) is 16.1 Å². The van der Waals surface area contributed by atoms with Crippen LogP contribution in [0, 0.1) is 5.21 Å². The molecular weight excluding hydrogens is 222 g/mol. The Morgan fingerprint density at radius 1 is 1.67 bits per heavy atom. The number of rotatable bonds is 2. The third-order valence-corrected chi connectivity index (χ3v) is 2.12. The number of oxime groups is 1. The van der Waals surface area contributed by atoms with Crippen molar-refractivity contribution in [2.45, 2.75) is 0 Å². The number of aromatic nitrogens is 2. The first-order valence-electron chi connectivity index (χ1n) is 3.98. The van der Waals surface area contributed by atoms with E-state index in [1.165, 1.54) is 13.3 Å². The van der Waals surface area contributed by atoms with Crippen LogP contribution in [0.15, 0.2) is 21.9 Å². The van der Waals surface area contributed by atoms with E-state index in [9.17, 15) is 5.21 Å². The summed E-state index contributed by atoms with van der Waals surface area (Å²) in [7, 11) is 1.41. The summed E-state index contributed by atoms with van der Waals surface area (Å²) in [5.41, 5.74) is 1.04. The van der Waals surface area contributed by atoms with Crippen LogP contribution < -0.4 is 4.90 Å². The maximum atomic E-state index is 11.2. The van der Waals surface area contributed by atoms with Crippen LogP contribution in [-0.4, -0.2) is 18.5 Å². The van der Waals surface area contributed by atoms with Crippen molar-refractivity contribution in [1.29, 1.82) is 0 Å². The van der Waals surface area contributed by atoms with E-state index in [2.05, 4.69) is 19.8 Å². The average Bonchev–Trinajstić information content (AvgIpc) is 2.61. The number of nitrogens with zero attached hydrogens (tertiary/aromatic N) is 3. The summed E-state index contributed by atoms with van der Waals surface area (Å²) in [5, 5.41) is 18.7. The van der Waals surface area contributed by atoms with Gasteiger partial charge in [-0.3, -0.25) is 4.63 Å². The van der Waals surface area contributed by atoms with Gasteiger partial charge < -0.3 is 10.0 Å². The molecule has 0 aliphatic carbocycles. The zero-order chi connectivity index (χ0) is 10.8. The van der Waals surface area contributed by atoms with Crippen LogP contribution in [0.5, 0.6) is 0 Å². The van der Waals surface area contributed by atoms with Gasteiger partial charge in [-0.25, -0.2) is 0 Å². The Hall–Kier alpha value is -1.82. The minimum absolute atomic E-state index is 0.225. The monoisotopic (exact) mass is 227 g/mol. The van der Waals surface area contributed by atoms with Crippen LogP contribution in [-0.2, 0) is 4.84 Å². The standard InChI is InChI=1S/C8H6ClN3O3/c1-14-10-4-5-2-3-6(9)7-8(5)12(13)15-11-7/h2-4H,1H3/b10-4+. The molecule has 15 heavy (non-hydrogen) atoms. The van der Waals surface area contributed by atoms with Gasteiger partial charge in [-0.2, -0.15) is 0 Å².